The molecule has 1 atom stereocenters. The van der Waals surface area contributed by atoms with Gasteiger partial charge in [0.25, 0.3) is 0 Å². The molecule has 0 saturated carbocycles. The van der Waals surface area contributed by atoms with Gasteiger partial charge in [-0.05, 0) is 92.0 Å². The zero-order chi connectivity index (χ0) is 22.7. The number of aromatic nitrogens is 1. The van der Waals surface area contributed by atoms with Crippen molar-refractivity contribution in [1.82, 2.24) is 9.88 Å². The van der Waals surface area contributed by atoms with Gasteiger partial charge in [-0.25, -0.2) is 12.8 Å². The van der Waals surface area contributed by atoms with E-state index in [9.17, 15) is 12.8 Å². The Morgan fingerprint density at radius 1 is 1.03 bits per heavy atom. The maximum Gasteiger partial charge on any atom is 0.191 e. The second kappa shape index (κ2) is 9.69. The van der Waals surface area contributed by atoms with Gasteiger partial charge >= 0.3 is 0 Å². The van der Waals surface area contributed by atoms with E-state index in [-0.39, 0.29) is 4.90 Å². The van der Waals surface area contributed by atoms with Crippen molar-refractivity contribution in [2.24, 2.45) is 0 Å². The third kappa shape index (κ3) is 5.03. The Balaban J connectivity index is 1.74. The van der Waals surface area contributed by atoms with E-state index >= 15 is 0 Å². The van der Waals surface area contributed by atoms with Crippen LogP contribution in [0.2, 0.25) is 5.02 Å². The standard InChI is InChI=1S/C25H26ClFN2O2S/c1-18-5-9-21(27)15-23(18)25(32(30,31)22-10-7-20(26)8-11-22)24-12-6-19(16-28-24)17-29-13-3-2-4-14-29/h5-12,15-16,25H,2-4,13-14,17H2,1H3. The van der Waals surface area contributed by atoms with Crippen LogP contribution in [0.15, 0.2) is 65.7 Å². The first-order valence-electron chi connectivity index (χ1n) is 10.8. The Bertz CT molecular complexity index is 1180. The summed E-state index contributed by atoms with van der Waals surface area (Å²) in [6, 6.07) is 13.9. The van der Waals surface area contributed by atoms with Crippen LogP contribution in [0.25, 0.3) is 0 Å². The highest BCUT2D eigenvalue weighted by Crippen LogP contribution is 2.36. The number of benzene rings is 2. The van der Waals surface area contributed by atoms with E-state index < -0.39 is 20.9 Å². The van der Waals surface area contributed by atoms with Gasteiger partial charge < -0.3 is 0 Å². The van der Waals surface area contributed by atoms with E-state index in [4.69, 9.17) is 11.6 Å². The molecule has 1 aliphatic heterocycles. The summed E-state index contributed by atoms with van der Waals surface area (Å²) in [6.07, 6.45) is 5.41. The molecule has 0 bridgehead atoms. The van der Waals surface area contributed by atoms with Gasteiger partial charge in [-0.3, -0.25) is 9.88 Å². The summed E-state index contributed by atoms with van der Waals surface area (Å²) < 4.78 is 41.5. The molecule has 0 spiro atoms. The minimum atomic E-state index is -3.90. The van der Waals surface area contributed by atoms with Crippen molar-refractivity contribution in [1.29, 1.82) is 0 Å². The summed E-state index contributed by atoms with van der Waals surface area (Å²) in [5.41, 5.74) is 2.48. The highest BCUT2D eigenvalue weighted by molar-refractivity contribution is 7.91. The van der Waals surface area contributed by atoms with E-state index in [0.717, 1.165) is 25.2 Å². The minimum absolute atomic E-state index is 0.120. The molecule has 32 heavy (non-hydrogen) atoms. The van der Waals surface area contributed by atoms with Gasteiger partial charge in [0.1, 0.15) is 11.1 Å². The molecule has 1 aromatic heterocycles. The topological polar surface area (TPSA) is 50.3 Å². The number of nitrogens with zero attached hydrogens (tertiary/aromatic N) is 2. The van der Waals surface area contributed by atoms with Crippen molar-refractivity contribution in [2.75, 3.05) is 13.1 Å². The Morgan fingerprint density at radius 3 is 2.41 bits per heavy atom. The van der Waals surface area contributed by atoms with Crippen LogP contribution in [-0.4, -0.2) is 31.4 Å². The molecule has 1 aliphatic rings. The van der Waals surface area contributed by atoms with Crippen molar-refractivity contribution in [3.63, 3.8) is 0 Å². The van der Waals surface area contributed by atoms with Crippen LogP contribution in [0.1, 0.15) is 46.9 Å². The fraction of sp³-hybridized carbons (Fsp3) is 0.320. The molecule has 0 amide bonds. The van der Waals surface area contributed by atoms with Gasteiger partial charge in [-0.15, -0.1) is 0 Å². The van der Waals surface area contributed by atoms with Gasteiger partial charge in [-0.2, -0.15) is 0 Å². The zero-order valence-electron chi connectivity index (χ0n) is 18.0. The SMILES string of the molecule is Cc1ccc(F)cc1C(c1ccc(CN2CCCCC2)cn1)S(=O)(=O)c1ccc(Cl)cc1. The molecule has 1 fully saturated rings. The fourth-order valence-electron chi connectivity index (χ4n) is 4.20. The number of likely N-dealkylation sites (tertiary alicyclic amines) is 1. The van der Waals surface area contributed by atoms with Gasteiger partial charge in [0.15, 0.2) is 9.84 Å². The number of piperidine rings is 1. The predicted octanol–water partition coefficient (Wildman–Crippen LogP) is 5.73. The van der Waals surface area contributed by atoms with Crippen LogP contribution >= 0.6 is 11.6 Å². The van der Waals surface area contributed by atoms with Gasteiger partial charge in [-0.1, -0.05) is 30.2 Å². The lowest BCUT2D eigenvalue weighted by Crippen LogP contribution is -2.29. The van der Waals surface area contributed by atoms with E-state index in [1.165, 1.54) is 43.5 Å². The normalized spacial score (nSPS) is 16.1. The molecule has 2 heterocycles. The lowest BCUT2D eigenvalue weighted by molar-refractivity contribution is 0.220. The van der Waals surface area contributed by atoms with Gasteiger partial charge in [0.05, 0.1) is 10.6 Å². The first-order valence-corrected chi connectivity index (χ1v) is 12.7. The molecule has 4 rings (SSSR count). The number of hydrogen-bond donors (Lipinski definition) is 0. The summed E-state index contributed by atoms with van der Waals surface area (Å²) in [6.45, 7) is 4.71. The second-order valence-corrected chi connectivity index (χ2v) is 10.8. The van der Waals surface area contributed by atoms with Crippen molar-refractivity contribution < 1.29 is 12.8 Å². The van der Waals surface area contributed by atoms with Crippen molar-refractivity contribution >= 4 is 21.4 Å². The smallest absolute Gasteiger partial charge is 0.191 e. The second-order valence-electron chi connectivity index (χ2n) is 8.31. The molecule has 2 aromatic carbocycles. The highest BCUT2D eigenvalue weighted by atomic mass is 35.5. The van der Waals surface area contributed by atoms with Crippen molar-refractivity contribution in [3.05, 3.63) is 94.0 Å². The number of sulfone groups is 1. The van der Waals surface area contributed by atoms with Gasteiger partial charge in [0.2, 0.25) is 0 Å². The van der Waals surface area contributed by atoms with Crippen LogP contribution in [0.5, 0.6) is 0 Å². The molecule has 7 heteroatoms. The number of pyridine rings is 1. The number of rotatable bonds is 6. The molecule has 168 valence electrons. The average Bonchev–Trinajstić information content (AvgIpc) is 2.78. The Labute approximate surface area is 194 Å². The average molecular weight is 473 g/mol. The largest absolute Gasteiger partial charge is 0.299 e. The van der Waals surface area contributed by atoms with Crippen LogP contribution in [0.4, 0.5) is 4.39 Å². The first kappa shape index (κ1) is 22.9. The molecular formula is C25H26ClFN2O2S. The molecule has 4 nitrogen and oxygen atoms in total. The predicted molar refractivity (Wildman–Crippen MR) is 125 cm³/mol. The number of hydrogen-bond acceptors (Lipinski definition) is 4. The summed E-state index contributed by atoms with van der Waals surface area (Å²) >= 11 is 5.96. The van der Waals surface area contributed by atoms with E-state index in [1.54, 1.807) is 37.4 Å². The quantitative estimate of drug-likeness (QED) is 0.459. The monoisotopic (exact) mass is 472 g/mol. The molecule has 0 N–H and O–H groups in total. The molecule has 0 aliphatic carbocycles. The molecular weight excluding hydrogens is 447 g/mol. The third-order valence-electron chi connectivity index (χ3n) is 5.95. The minimum Gasteiger partial charge on any atom is -0.299 e. The van der Waals surface area contributed by atoms with Crippen molar-refractivity contribution in [3.8, 4) is 0 Å². The van der Waals surface area contributed by atoms with Crippen LogP contribution in [0, 0.1) is 12.7 Å². The highest BCUT2D eigenvalue weighted by Gasteiger charge is 2.33. The summed E-state index contributed by atoms with van der Waals surface area (Å²) in [5, 5.41) is -0.675. The summed E-state index contributed by atoms with van der Waals surface area (Å²) in [4.78, 5) is 7.05. The van der Waals surface area contributed by atoms with E-state index in [1.807, 2.05) is 6.07 Å². The fourth-order valence-corrected chi connectivity index (χ4v) is 6.16. The Morgan fingerprint density at radius 2 is 1.75 bits per heavy atom. The van der Waals surface area contributed by atoms with Crippen LogP contribution in [-0.2, 0) is 16.4 Å². The Kier molecular flexibility index (Phi) is 6.93. The molecule has 1 saturated heterocycles. The summed E-state index contributed by atoms with van der Waals surface area (Å²) in [5.74, 6) is -0.483. The van der Waals surface area contributed by atoms with E-state index in [0.29, 0.717) is 21.8 Å². The van der Waals surface area contributed by atoms with Crippen molar-refractivity contribution in [2.45, 2.75) is 42.9 Å². The molecule has 1 unspecified atom stereocenters. The molecule has 3 aromatic rings. The lowest BCUT2D eigenvalue weighted by Gasteiger charge is -2.26. The first-order chi connectivity index (χ1) is 15.3. The summed E-state index contributed by atoms with van der Waals surface area (Å²) in [7, 11) is -3.90. The van der Waals surface area contributed by atoms with Crippen LogP contribution in [0.3, 0.4) is 0 Å². The third-order valence-corrected chi connectivity index (χ3v) is 8.24. The van der Waals surface area contributed by atoms with E-state index in [2.05, 4.69) is 9.88 Å². The van der Waals surface area contributed by atoms with Gasteiger partial charge in [0, 0.05) is 17.8 Å². The lowest BCUT2D eigenvalue weighted by atomic mass is 10.0. The molecule has 0 radical (unpaired) electrons. The number of aryl methyl sites for hydroxylation is 1. The van der Waals surface area contributed by atoms with Crippen LogP contribution < -0.4 is 0 Å². The number of halogens is 2. The maximum atomic E-state index is 14.2. The Hall–Kier alpha value is -2.28. The zero-order valence-corrected chi connectivity index (χ0v) is 19.5. The maximum absolute atomic E-state index is 14.2.